The third-order valence-corrected chi connectivity index (χ3v) is 7.21. The highest BCUT2D eigenvalue weighted by Gasteiger charge is 2.34. The molecule has 1 atom stereocenters. The Labute approximate surface area is 231 Å². The zero-order valence-corrected chi connectivity index (χ0v) is 22.2. The topological polar surface area (TPSA) is 127 Å². The molecule has 0 saturated heterocycles. The zero-order valence-electron chi connectivity index (χ0n) is 22.2. The molecule has 5 rings (SSSR count). The highest BCUT2D eigenvalue weighted by molar-refractivity contribution is 6.02. The maximum absolute atomic E-state index is 14.1. The van der Waals surface area contributed by atoms with E-state index in [1.165, 1.54) is 28.8 Å². The number of fused-ring (bicyclic) bond motifs is 1. The van der Waals surface area contributed by atoms with Crippen molar-refractivity contribution in [3.63, 3.8) is 0 Å². The lowest BCUT2D eigenvalue weighted by molar-refractivity contribution is -0.127. The molecule has 0 unspecified atom stereocenters. The molecule has 2 amide bonds. The first-order valence-electron chi connectivity index (χ1n) is 13.3. The second kappa shape index (κ2) is 12.0. The fraction of sp³-hybridized carbons (Fsp3) is 0.300. The van der Waals surface area contributed by atoms with Crippen LogP contribution < -0.4 is 10.2 Å². The molecule has 1 aliphatic rings. The number of aromatic hydroxyl groups is 1. The van der Waals surface area contributed by atoms with E-state index in [1.807, 2.05) is 24.3 Å². The lowest BCUT2D eigenvalue weighted by Gasteiger charge is -2.33. The van der Waals surface area contributed by atoms with E-state index in [0.29, 0.717) is 27.8 Å². The average Bonchev–Trinajstić information content (AvgIpc) is 3.39. The van der Waals surface area contributed by atoms with Gasteiger partial charge in [0.25, 0.3) is 0 Å². The third-order valence-electron chi connectivity index (χ3n) is 7.21. The number of nitrogens with one attached hydrogen (secondary N) is 1. The first-order valence-corrected chi connectivity index (χ1v) is 13.3. The molecular formula is C30H31N5O5. The van der Waals surface area contributed by atoms with Gasteiger partial charge in [-0.1, -0.05) is 48.7 Å². The molecule has 10 heteroatoms. The number of esters is 1. The predicted molar refractivity (Wildman–Crippen MR) is 149 cm³/mol. The molecule has 40 heavy (non-hydrogen) atoms. The number of rotatable bonds is 8. The van der Waals surface area contributed by atoms with Gasteiger partial charge in [0.05, 0.1) is 18.2 Å². The van der Waals surface area contributed by atoms with Crippen molar-refractivity contribution in [1.82, 2.24) is 20.3 Å². The van der Waals surface area contributed by atoms with Crippen molar-refractivity contribution < 1.29 is 24.2 Å². The van der Waals surface area contributed by atoms with Crippen LogP contribution in [0.1, 0.15) is 54.1 Å². The fourth-order valence-corrected chi connectivity index (χ4v) is 5.15. The van der Waals surface area contributed by atoms with Gasteiger partial charge in [-0.3, -0.25) is 14.5 Å². The molecule has 1 heterocycles. The summed E-state index contributed by atoms with van der Waals surface area (Å²) in [6, 6.07) is 18.9. The van der Waals surface area contributed by atoms with Gasteiger partial charge in [0.1, 0.15) is 23.9 Å². The van der Waals surface area contributed by atoms with Crippen LogP contribution in [-0.4, -0.2) is 51.0 Å². The van der Waals surface area contributed by atoms with Crippen molar-refractivity contribution in [1.29, 1.82) is 0 Å². The standard InChI is InChI=1S/C30H31N5O5/c1-40-30(39)21-11-15-23(16-12-21)35(27(37)19-34-26-10-6-5-9-25(26)32-33-34)28(20-13-17-24(36)18-14-20)29(38)31-22-7-3-2-4-8-22/h5-6,9-18,22,28,36H,2-4,7-8,19H2,1H3,(H,31,38)/t28-/m1/s1. The molecule has 10 nitrogen and oxygen atoms in total. The molecule has 1 aromatic heterocycles. The van der Waals surface area contributed by atoms with Crippen LogP contribution in [0.4, 0.5) is 5.69 Å². The van der Waals surface area contributed by atoms with Crippen LogP contribution in [0.5, 0.6) is 5.75 Å². The van der Waals surface area contributed by atoms with E-state index >= 15 is 0 Å². The number of carbonyl (C=O) groups excluding carboxylic acids is 3. The molecule has 0 bridgehead atoms. The van der Waals surface area contributed by atoms with Gasteiger partial charge in [-0.2, -0.15) is 0 Å². The van der Waals surface area contributed by atoms with Crippen molar-refractivity contribution in [2.24, 2.45) is 0 Å². The second-order valence-corrected chi connectivity index (χ2v) is 9.88. The first kappa shape index (κ1) is 26.9. The summed E-state index contributed by atoms with van der Waals surface area (Å²) in [7, 11) is 1.30. The van der Waals surface area contributed by atoms with Crippen LogP contribution in [0.3, 0.4) is 0 Å². The number of para-hydroxylation sites is 1. The van der Waals surface area contributed by atoms with Crippen LogP contribution in [0.2, 0.25) is 0 Å². The van der Waals surface area contributed by atoms with Gasteiger partial charge in [0.2, 0.25) is 11.8 Å². The average molecular weight is 542 g/mol. The van der Waals surface area contributed by atoms with E-state index in [4.69, 9.17) is 4.74 Å². The number of nitrogens with zero attached hydrogens (tertiary/aromatic N) is 4. The molecule has 1 aliphatic carbocycles. The number of phenols is 1. The summed E-state index contributed by atoms with van der Waals surface area (Å²) in [6.07, 6.45) is 4.95. The van der Waals surface area contributed by atoms with Gasteiger partial charge >= 0.3 is 5.97 Å². The zero-order chi connectivity index (χ0) is 28.1. The number of aromatic nitrogens is 3. The molecule has 1 saturated carbocycles. The minimum absolute atomic E-state index is 0.0128. The van der Waals surface area contributed by atoms with E-state index in [-0.39, 0.29) is 24.2 Å². The summed E-state index contributed by atoms with van der Waals surface area (Å²) in [5.74, 6) is -1.20. The molecule has 206 valence electrons. The smallest absolute Gasteiger partial charge is 0.337 e. The minimum Gasteiger partial charge on any atom is -0.508 e. The van der Waals surface area contributed by atoms with E-state index in [0.717, 1.165) is 32.1 Å². The van der Waals surface area contributed by atoms with Crippen LogP contribution in [-0.2, 0) is 20.9 Å². The third kappa shape index (κ3) is 5.80. The number of carbonyl (C=O) groups is 3. The molecule has 0 radical (unpaired) electrons. The fourth-order valence-electron chi connectivity index (χ4n) is 5.15. The van der Waals surface area contributed by atoms with Gasteiger partial charge in [0, 0.05) is 11.7 Å². The summed E-state index contributed by atoms with van der Waals surface area (Å²) in [4.78, 5) is 41.6. The Balaban J connectivity index is 1.57. The highest BCUT2D eigenvalue weighted by atomic mass is 16.5. The molecule has 0 spiro atoms. The lowest BCUT2D eigenvalue weighted by atomic mass is 9.94. The van der Waals surface area contributed by atoms with Crippen molar-refractivity contribution in [3.8, 4) is 5.75 Å². The van der Waals surface area contributed by atoms with Gasteiger partial charge in [-0.05, 0) is 66.9 Å². The largest absolute Gasteiger partial charge is 0.508 e. The Morgan fingerprint density at radius 3 is 2.40 bits per heavy atom. The first-order chi connectivity index (χ1) is 19.4. The van der Waals surface area contributed by atoms with Crippen molar-refractivity contribution in [2.45, 2.75) is 50.7 Å². The summed E-state index contributed by atoms with van der Waals surface area (Å²) >= 11 is 0. The lowest BCUT2D eigenvalue weighted by Crippen LogP contribution is -2.48. The molecule has 3 aromatic carbocycles. The number of methoxy groups -OCH3 is 1. The minimum atomic E-state index is -1.05. The summed E-state index contributed by atoms with van der Waals surface area (Å²) in [5.41, 5.74) is 2.59. The Hall–Kier alpha value is -4.73. The van der Waals surface area contributed by atoms with E-state index in [2.05, 4.69) is 15.6 Å². The SMILES string of the molecule is COC(=O)c1ccc(N(C(=O)Cn2nnc3ccccc32)[C@@H](C(=O)NC2CCCCC2)c2ccc(O)cc2)cc1. The van der Waals surface area contributed by atoms with Crippen molar-refractivity contribution in [3.05, 3.63) is 83.9 Å². The van der Waals surface area contributed by atoms with Gasteiger partial charge in [-0.15, -0.1) is 5.10 Å². The maximum atomic E-state index is 14.1. The van der Waals surface area contributed by atoms with Gasteiger partial charge < -0.3 is 15.2 Å². The number of hydrogen-bond acceptors (Lipinski definition) is 7. The summed E-state index contributed by atoms with van der Waals surface area (Å²) in [5, 5.41) is 21.4. The van der Waals surface area contributed by atoms with Crippen molar-refractivity contribution >= 4 is 34.5 Å². The monoisotopic (exact) mass is 541 g/mol. The van der Waals surface area contributed by atoms with Crippen LogP contribution in [0.15, 0.2) is 72.8 Å². The Morgan fingerprint density at radius 1 is 1.00 bits per heavy atom. The highest BCUT2D eigenvalue weighted by Crippen LogP contribution is 2.31. The number of anilines is 1. The quantitative estimate of drug-likeness (QED) is 0.321. The summed E-state index contributed by atoms with van der Waals surface area (Å²) in [6.45, 7) is -0.176. The van der Waals surface area contributed by atoms with Crippen molar-refractivity contribution in [2.75, 3.05) is 12.0 Å². The second-order valence-electron chi connectivity index (χ2n) is 9.88. The molecule has 1 fully saturated rings. The predicted octanol–water partition coefficient (Wildman–Crippen LogP) is 4.15. The number of ether oxygens (including phenoxy) is 1. The van der Waals surface area contributed by atoms with Gasteiger partial charge in [-0.25, -0.2) is 9.48 Å². The van der Waals surface area contributed by atoms with E-state index in [1.54, 1.807) is 36.4 Å². The number of benzene rings is 3. The molecule has 4 aromatic rings. The number of hydrogen-bond donors (Lipinski definition) is 2. The normalized spacial score (nSPS) is 14.4. The van der Waals surface area contributed by atoms with E-state index in [9.17, 15) is 19.5 Å². The van der Waals surface area contributed by atoms with Crippen LogP contribution in [0, 0.1) is 0 Å². The molecule has 0 aliphatic heterocycles. The van der Waals surface area contributed by atoms with Crippen LogP contribution >= 0.6 is 0 Å². The summed E-state index contributed by atoms with van der Waals surface area (Å²) < 4.78 is 6.32. The molecular weight excluding hydrogens is 510 g/mol. The van der Waals surface area contributed by atoms with Crippen LogP contribution in [0.25, 0.3) is 11.0 Å². The Bertz CT molecular complexity index is 1490. The Morgan fingerprint density at radius 2 is 1.70 bits per heavy atom. The molecule has 2 N–H and O–H groups in total. The number of phenolic OH excluding ortho intramolecular Hbond substituents is 1. The number of amides is 2. The van der Waals surface area contributed by atoms with Gasteiger partial charge in [0.15, 0.2) is 0 Å². The maximum Gasteiger partial charge on any atom is 0.337 e. The van der Waals surface area contributed by atoms with E-state index < -0.39 is 17.9 Å². The Kier molecular flexibility index (Phi) is 8.04.